The Hall–Kier alpha value is 0.440. The van der Waals surface area contributed by atoms with Gasteiger partial charge in [-0.3, -0.25) is 4.90 Å². The van der Waals surface area contributed by atoms with Crippen molar-refractivity contribution in [3.63, 3.8) is 0 Å². The first-order valence-electron chi connectivity index (χ1n) is 6.11. The minimum Gasteiger partial charge on any atom is -0.298 e. The summed E-state index contributed by atoms with van der Waals surface area (Å²) in [6, 6.07) is 1.72. The van der Waals surface area contributed by atoms with Crippen LogP contribution in [0.25, 0.3) is 0 Å². The van der Waals surface area contributed by atoms with E-state index in [4.69, 9.17) is 0 Å². The predicted octanol–water partition coefficient (Wildman–Crippen LogP) is 3.81. The van der Waals surface area contributed by atoms with Gasteiger partial charge < -0.3 is 0 Å². The zero-order chi connectivity index (χ0) is 10.4. The van der Waals surface area contributed by atoms with Crippen molar-refractivity contribution in [2.75, 3.05) is 11.9 Å². The van der Waals surface area contributed by atoms with Crippen LogP contribution in [0.3, 0.4) is 0 Å². The molecule has 0 amide bonds. The molecule has 2 atom stereocenters. The van der Waals surface area contributed by atoms with Crippen LogP contribution in [0.1, 0.15) is 52.4 Å². The Balaban J connectivity index is 2.19. The molecule has 2 heteroatoms. The molecule has 0 saturated carbocycles. The average Bonchev–Trinajstić information content (AvgIpc) is 2.55. The third-order valence-electron chi connectivity index (χ3n) is 3.47. The van der Waals surface area contributed by atoms with Gasteiger partial charge in [0.1, 0.15) is 0 Å². The van der Waals surface area contributed by atoms with E-state index in [1.807, 2.05) is 0 Å². The van der Waals surface area contributed by atoms with Gasteiger partial charge in [0, 0.05) is 17.4 Å². The van der Waals surface area contributed by atoms with E-state index >= 15 is 0 Å². The highest BCUT2D eigenvalue weighted by Crippen LogP contribution is 2.26. The number of unbranched alkanes of at least 4 members (excludes halogenated alkanes) is 2. The molecule has 0 radical (unpaired) electrons. The monoisotopic (exact) mass is 261 g/mol. The molecule has 2 unspecified atom stereocenters. The number of hydrogen-bond acceptors (Lipinski definition) is 1. The van der Waals surface area contributed by atoms with E-state index in [2.05, 4.69) is 34.7 Å². The lowest BCUT2D eigenvalue weighted by molar-refractivity contribution is 0.195. The summed E-state index contributed by atoms with van der Waals surface area (Å²) in [6.45, 7) is 6.04. The second kappa shape index (κ2) is 6.84. The summed E-state index contributed by atoms with van der Waals surface area (Å²) in [7, 11) is 0. The topological polar surface area (TPSA) is 3.24 Å². The van der Waals surface area contributed by atoms with Crippen LogP contribution in [0, 0.1) is 0 Å². The Morgan fingerprint density at radius 2 is 2.00 bits per heavy atom. The molecular formula is C12H24BrN. The Morgan fingerprint density at radius 3 is 2.64 bits per heavy atom. The zero-order valence-electron chi connectivity index (χ0n) is 9.64. The second-order valence-corrected chi connectivity index (χ2v) is 5.27. The van der Waals surface area contributed by atoms with Gasteiger partial charge in [-0.25, -0.2) is 0 Å². The number of likely N-dealkylation sites (tertiary alicyclic amines) is 1. The number of halogens is 1. The van der Waals surface area contributed by atoms with Gasteiger partial charge >= 0.3 is 0 Å². The van der Waals surface area contributed by atoms with Gasteiger partial charge in [-0.15, -0.1) is 0 Å². The minimum atomic E-state index is 0.837. The van der Waals surface area contributed by atoms with Crippen molar-refractivity contribution in [1.29, 1.82) is 0 Å². The van der Waals surface area contributed by atoms with Crippen LogP contribution < -0.4 is 0 Å². The standard InChI is InChI=1S/C12H24BrN/c1-3-12-8-7-11(2)14(12)10-6-4-5-9-13/h11-12H,3-10H2,1-2H3. The number of nitrogens with zero attached hydrogens (tertiary/aromatic N) is 1. The molecule has 1 saturated heterocycles. The largest absolute Gasteiger partial charge is 0.298 e. The van der Waals surface area contributed by atoms with Gasteiger partial charge in [0.15, 0.2) is 0 Å². The molecule has 1 fully saturated rings. The highest BCUT2D eigenvalue weighted by atomic mass is 79.9. The van der Waals surface area contributed by atoms with Crippen molar-refractivity contribution in [3.8, 4) is 0 Å². The number of hydrogen-bond donors (Lipinski definition) is 0. The SMILES string of the molecule is CCC1CCC(C)N1CCCCCBr. The Kier molecular flexibility index (Phi) is 6.11. The quantitative estimate of drug-likeness (QED) is 0.519. The Morgan fingerprint density at radius 1 is 1.21 bits per heavy atom. The van der Waals surface area contributed by atoms with E-state index in [-0.39, 0.29) is 0 Å². The molecule has 1 rings (SSSR count). The zero-order valence-corrected chi connectivity index (χ0v) is 11.2. The maximum Gasteiger partial charge on any atom is 0.00960 e. The highest BCUT2D eigenvalue weighted by Gasteiger charge is 2.28. The molecule has 0 aromatic carbocycles. The van der Waals surface area contributed by atoms with Gasteiger partial charge in [-0.1, -0.05) is 29.3 Å². The minimum absolute atomic E-state index is 0.837. The maximum absolute atomic E-state index is 3.49. The van der Waals surface area contributed by atoms with E-state index in [1.165, 1.54) is 50.4 Å². The van der Waals surface area contributed by atoms with Crippen LogP contribution in [-0.2, 0) is 0 Å². The van der Waals surface area contributed by atoms with Crippen LogP contribution in [0.5, 0.6) is 0 Å². The van der Waals surface area contributed by atoms with Crippen molar-refractivity contribution >= 4 is 15.9 Å². The summed E-state index contributed by atoms with van der Waals surface area (Å²) in [6.07, 6.45) is 8.27. The summed E-state index contributed by atoms with van der Waals surface area (Å²) in [5.41, 5.74) is 0. The van der Waals surface area contributed by atoms with Gasteiger partial charge in [0.25, 0.3) is 0 Å². The van der Waals surface area contributed by atoms with E-state index in [1.54, 1.807) is 0 Å². The smallest absolute Gasteiger partial charge is 0.00960 e. The molecule has 0 aromatic heterocycles. The first kappa shape index (κ1) is 12.5. The lowest BCUT2D eigenvalue weighted by Crippen LogP contribution is -2.34. The fraction of sp³-hybridized carbons (Fsp3) is 1.00. The summed E-state index contributed by atoms with van der Waals surface area (Å²) in [5.74, 6) is 0. The molecule has 84 valence electrons. The summed E-state index contributed by atoms with van der Waals surface area (Å²) in [5, 5.41) is 1.17. The fourth-order valence-electron chi connectivity index (χ4n) is 2.53. The van der Waals surface area contributed by atoms with Crippen LogP contribution >= 0.6 is 15.9 Å². The molecule has 1 aliphatic heterocycles. The normalized spacial score (nSPS) is 28.5. The van der Waals surface area contributed by atoms with Crippen molar-refractivity contribution in [1.82, 2.24) is 4.90 Å². The molecule has 1 aliphatic rings. The Bertz CT molecular complexity index is 149. The fourth-order valence-corrected chi connectivity index (χ4v) is 2.93. The van der Waals surface area contributed by atoms with Crippen molar-refractivity contribution in [2.45, 2.75) is 64.5 Å². The molecule has 1 heterocycles. The summed E-state index contributed by atoms with van der Waals surface area (Å²) >= 11 is 3.49. The summed E-state index contributed by atoms with van der Waals surface area (Å²) in [4.78, 5) is 2.73. The molecular weight excluding hydrogens is 238 g/mol. The molecule has 0 spiro atoms. The van der Waals surface area contributed by atoms with Crippen LogP contribution in [0.4, 0.5) is 0 Å². The molecule has 1 nitrogen and oxygen atoms in total. The number of rotatable bonds is 6. The van der Waals surface area contributed by atoms with Crippen LogP contribution in [-0.4, -0.2) is 28.9 Å². The van der Waals surface area contributed by atoms with E-state index in [9.17, 15) is 0 Å². The van der Waals surface area contributed by atoms with Gasteiger partial charge in [-0.2, -0.15) is 0 Å². The lowest BCUT2D eigenvalue weighted by Gasteiger charge is -2.27. The second-order valence-electron chi connectivity index (χ2n) is 4.48. The molecule has 0 aliphatic carbocycles. The van der Waals surface area contributed by atoms with Gasteiger partial charge in [0.2, 0.25) is 0 Å². The first-order chi connectivity index (χ1) is 6.79. The van der Waals surface area contributed by atoms with Crippen molar-refractivity contribution in [3.05, 3.63) is 0 Å². The molecule has 0 N–H and O–H groups in total. The molecule has 14 heavy (non-hydrogen) atoms. The third kappa shape index (κ3) is 3.54. The number of alkyl halides is 1. The van der Waals surface area contributed by atoms with Gasteiger partial charge in [0.05, 0.1) is 0 Å². The van der Waals surface area contributed by atoms with Crippen LogP contribution in [0.15, 0.2) is 0 Å². The maximum atomic E-state index is 3.49. The molecule has 0 aromatic rings. The van der Waals surface area contributed by atoms with Crippen LogP contribution in [0.2, 0.25) is 0 Å². The van der Waals surface area contributed by atoms with Crippen molar-refractivity contribution in [2.24, 2.45) is 0 Å². The average molecular weight is 262 g/mol. The summed E-state index contributed by atoms with van der Waals surface area (Å²) < 4.78 is 0. The van der Waals surface area contributed by atoms with E-state index < -0.39 is 0 Å². The van der Waals surface area contributed by atoms with Gasteiger partial charge in [-0.05, 0) is 45.6 Å². The van der Waals surface area contributed by atoms with Crippen molar-refractivity contribution < 1.29 is 0 Å². The first-order valence-corrected chi connectivity index (χ1v) is 7.23. The van der Waals surface area contributed by atoms with E-state index in [0.29, 0.717) is 0 Å². The highest BCUT2D eigenvalue weighted by molar-refractivity contribution is 9.09. The molecule has 0 bridgehead atoms. The lowest BCUT2D eigenvalue weighted by atomic mass is 10.1. The predicted molar refractivity (Wildman–Crippen MR) is 67.1 cm³/mol. The third-order valence-corrected chi connectivity index (χ3v) is 4.03. The van der Waals surface area contributed by atoms with E-state index in [0.717, 1.165) is 12.1 Å². The Labute approximate surface area is 97.4 Å².